The number of hydrogen-bond acceptors (Lipinski definition) is 2. The van der Waals surface area contributed by atoms with Crippen molar-refractivity contribution in [2.75, 3.05) is 13.1 Å². The second-order valence-electron chi connectivity index (χ2n) is 5.54. The minimum absolute atomic E-state index is 0.0963. The van der Waals surface area contributed by atoms with Crippen LogP contribution in [0.3, 0.4) is 0 Å². The van der Waals surface area contributed by atoms with Gasteiger partial charge in [-0.15, -0.1) is 0 Å². The molecule has 1 aliphatic heterocycles. The first-order chi connectivity index (χ1) is 9.47. The molecule has 0 saturated carbocycles. The zero-order valence-corrected chi connectivity index (χ0v) is 11.8. The summed E-state index contributed by atoms with van der Waals surface area (Å²) >= 11 is 0. The molecule has 0 radical (unpaired) electrons. The molecule has 110 valence electrons. The third-order valence-corrected chi connectivity index (χ3v) is 3.81. The summed E-state index contributed by atoms with van der Waals surface area (Å²) < 4.78 is 26.7. The van der Waals surface area contributed by atoms with Crippen molar-refractivity contribution in [2.24, 2.45) is 5.92 Å². The van der Waals surface area contributed by atoms with Crippen molar-refractivity contribution in [3.63, 3.8) is 0 Å². The van der Waals surface area contributed by atoms with E-state index in [1.54, 1.807) is 0 Å². The van der Waals surface area contributed by atoms with E-state index in [1.807, 2.05) is 0 Å². The smallest absolute Gasteiger partial charge is 0.254 e. The van der Waals surface area contributed by atoms with Crippen LogP contribution in [-0.2, 0) is 0 Å². The standard InChI is InChI=1S/C15H20F2N2O/c1-9-5-12(14(17)6-13(9)16)15(20)19-8-11-4-3-10(2)18-7-11/h5-6,10-11,18H,3-4,7-8H2,1-2H3,(H,19,20). The zero-order chi connectivity index (χ0) is 14.7. The summed E-state index contributed by atoms with van der Waals surface area (Å²) in [4.78, 5) is 11.9. The number of amides is 1. The molecule has 2 unspecified atom stereocenters. The van der Waals surface area contributed by atoms with E-state index in [4.69, 9.17) is 0 Å². The predicted molar refractivity (Wildman–Crippen MR) is 73.6 cm³/mol. The highest BCUT2D eigenvalue weighted by Crippen LogP contribution is 2.16. The van der Waals surface area contributed by atoms with Crippen molar-refractivity contribution in [2.45, 2.75) is 32.7 Å². The van der Waals surface area contributed by atoms with Gasteiger partial charge in [0.25, 0.3) is 5.91 Å². The highest BCUT2D eigenvalue weighted by atomic mass is 19.1. The molecule has 2 rings (SSSR count). The van der Waals surface area contributed by atoms with E-state index >= 15 is 0 Å². The lowest BCUT2D eigenvalue weighted by Gasteiger charge is -2.27. The quantitative estimate of drug-likeness (QED) is 0.894. The number of aryl methyl sites for hydroxylation is 1. The van der Waals surface area contributed by atoms with E-state index in [1.165, 1.54) is 13.0 Å². The summed E-state index contributed by atoms with van der Waals surface area (Å²) in [7, 11) is 0. The normalized spacial score (nSPS) is 22.6. The molecule has 1 fully saturated rings. The Bertz CT molecular complexity index is 497. The maximum Gasteiger partial charge on any atom is 0.254 e. The molecule has 1 aromatic rings. The molecule has 1 aliphatic rings. The van der Waals surface area contributed by atoms with Crippen LogP contribution in [0.5, 0.6) is 0 Å². The predicted octanol–water partition coefficient (Wildman–Crippen LogP) is 2.39. The van der Waals surface area contributed by atoms with Crippen LogP contribution in [0, 0.1) is 24.5 Å². The average molecular weight is 282 g/mol. The minimum Gasteiger partial charge on any atom is -0.352 e. The molecule has 0 aromatic heterocycles. The minimum atomic E-state index is -0.819. The Morgan fingerprint density at radius 1 is 1.35 bits per heavy atom. The van der Waals surface area contributed by atoms with Gasteiger partial charge in [-0.2, -0.15) is 0 Å². The average Bonchev–Trinajstić information content (AvgIpc) is 2.42. The van der Waals surface area contributed by atoms with Gasteiger partial charge in [-0.05, 0) is 50.8 Å². The molecule has 3 nitrogen and oxygen atoms in total. The Morgan fingerprint density at radius 3 is 2.75 bits per heavy atom. The Labute approximate surface area is 117 Å². The van der Waals surface area contributed by atoms with Gasteiger partial charge in [0.1, 0.15) is 11.6 Å². The topological polar surface area (TPSA) is 41.1 Å². The van der Waals surface area contributed by atoms with Gasteiger partial charge in [-0.3, -0.25) is 4.79 Å². The Kier molecular flexibility index (Phi) is 4.70. The maximum absolute atomic E-state index is 13.6. The largest absolute Gasteiger partial charge is 0.352 e. The van der Waals surface area contributed by atoms with Gasteiger partial charge in [0.2, 0.25) is 0 Å². The molecule has 0 bridgehead atoms. The van der Waals surface area contributed by atoms with Crippen LogP contribution >= 0.6 is 0 Å². The van der Waals surface area contributed by atoms with E-state index in [0.29, 0.717) is 18.5 Å². The Hall–Kier alpha value is -1.49. The summed E-state index contributed by atoms with van der Waals surface area (Å²) in [6.45, 7) is 5.00. The first kappa shape index (κ1) is 14.9. The highest BCUT2D eigenvalue weighted by molar-refractivity contribution is 5.94. The van der Waals surface area contributed by atoms with Gasteiger partial charge in [0, 0.05) is 18.7 Å². The SMILES string of the molecule is Cc1cc(C(=O)NCC2CCC(C)NC2)c(F)cc1F. The number of nitrogens with one attached hydrogen (secondary N) is 2. The molecule has 1 amide bonds. The number of hydrogen-bond donors (Lipinski definition) is 2. The van der Waals surface area contributed by atoms with Crippen LogP contribution in [0.25, 0.3) is 0 Å². The number of piperidine rings is 1. The zero-order valence-electron chi connectivity index (χ0n) is 11.8. The third-order valence-electron chi connectivity index (χ3n) is 3.81. The van der Waals surface area contributed by atoms with E-state index in [0.717, 1.165) is 25.5 Å². The molecule has 5 heteroatoms. The number of benzene rings is 1. The first-order valence-electron chi connectivity index (χ1n) is 6.94. The van der Waals surface area contributed by atoms with Crippen LogP contribution in [-0.4, -0.2) is 25.0 Å². The first-order valence-corrected chi connectivity index (χ1v) is 6.94. The van der Waals surface area contributed by atoms with E-state index < -0.39 is 17.5 Å². The van der Waals surface area contributed by atoms with E-state index in [2.05, 4.69) is 17.6 Å². The van der Waals surface area contributed by atoms with Crippen molar-refractivity contribution in [1.29, 1.82) is 0 Å². The maximum atomic E-state index is 13.6. The van der Waals surface area contributed by atoms with Crippen molar-refractivity contribution < 1.29 is 13.6 Å². The summed E-state index contributed by atoms with van der Waals surface area (Å²) in [5.41, 5.74) is 0.172. The molecule has 2 atom stereocenters. The fraction of sp³-hybridized carbons (Fsp3) is 0.533. The number of halogens is 2. The summed E-state index contributed by atoms with van der Waals surface area (Å²) in [5, 5.41) is 6.08. The van der Waals surface area contributed by atoms with Gasteiger partial charge < -0.3 is 10.6 Å². The monoisotopic (exact) mass is 282 g/mol. The van der Waals surface area contributed by atoms with Crippen molar-refractivity contribution in [1.82, 2.24) is 10.6 Å². The van der Waals surface area contributed by atoms with Crippen molar-refractivity contribution in [3.8, 4) is 0 Å². The Balaban J connectivity index is 1.93. The fourth-order valence-corrected chi connectivity index (χ4v) is 2.40. The second-order valence-corrected chi connectivity index (χ2v) is 5.54. The lowest BCUT2D eigenvalue weighted by Crippen LogP contribution is -2.42. The summed E-state index contributed by atoms with van der Waals surface area (Å²) in [6.07, 6.45) is 2.12. The molecule has 0 aliphatic carbocycles. The van der Waals surface area contributed by atoms with Crippen LogP contribution in [0.15, 0.2) is 12.1 Å². The second kappa shape index (κ2) is 6.31. The van der Waals surface area contributed by atoms with E-state index in [-0.39, 0.29) is 11.1 Å². The van der Waals surface area contributed by atoms with Gasteiger partial charge in [-0.25, -0.2) is 8.78 Å². The fourth-order valence-electron chi connectivity index (χ4n) is 2.40. The summed E-state index contributed by atoms with van der Waals surface area (Å²) in [6, 6.07) is 2.52. The molecule has 0 spiro atoms. The molecule has 1 saturated heterocycles. The lowest BCUT2D eigenvalue weighted by molar-refractivity contribution is 0.0939. The number of carbonyl (C=O) groups is 1. The number of rotatable bonds is 3. The van der Waals surface area contributed by atoms with Crippen LogP contribution in [0.4, 0.5) is 8.78 Å². The van der Waals surface area contributed by atoms with Crippen LogP contribution in [0.2, 0.25) is 0 Å². The van der Waals surface area contributed by atoms with Gasteiger partial charge in [0.05, 0.1) is 5.56 Å². The molecular formula is C15H20F2N2O. The van der Waals surface area contributed by atoms with Crippen molar-refractivity contribution >= 4 is 5.91 Å². The van der Waals surface area contributed by atoms with Crippen LogP contribution < -0.4 is 10.6 Å². The van der Waals surface area contributed by atoms with E-state index in [9.17, 15) is 13.6 Å². The molecule has 1 aromatic carbocycles. The van der Waals surface area contributed by atoms with Gasteiger partial charge >= 0.3 is 0 Å². The molecule has 1 heterocycles. The van der Waals surface area contributed by atoms with Gasteiger partial charge in [-0.1, -0.05) is 0 Å². The summed E-state index contributed by atoms with van der Waals surface area (Å²) in [5.74, 6) is -1.57. The van der Waals surface area contributed by atoms with Crippen LogP contribution in [0.1, 0.15) is 35.7 Å². The molecule has 2 N–H and O–H groups in total. The highest BCUT2D eigenvalue weighted by Gasteiger charge is 2.19. The Morgan fingerprint density at radius 2 is 2.10 bits per heavy atom. The molecule has 20 heavy (non-hydrogen) atoms. The van der Waals surface area contributed by atoms with Crippen molar-refractivity contribution in [3.05, 3.63) is 34.9 Å². The third kappa shape index (κ3) is 3.54. The number of carbonyl (C=O) groups excluding carboxylic acids is 1. The van der Waals surface area contributed by atoms with Gasteiger partial charge in [0.15, 0.2) is 0 Å². The molecular weight excluding hydrogens is 262 g/mol. The lowest BCUT2D eigenvalue weighted by atomic mass is 9.95.